The Balaban J connectivity index is 1.86. The van der Waals surface area contributed by atoms with E-state index in [1.54, 1.807) is 0 Å². The lowest BCUT2D eigenvalue weighted by atomic mass is 9.85. The fourth-order valence-corrected chi connectivity index (χ4v) is 3.69. The molecule has 0 bridgehead atoms. The summed E-state index contributed by atoms with van der Waals surface area (Å²) in [6.45, 7) is 5.95. The van der Waals surface area contributed by atoms with Gasteiger partial charge >= 0.3 is 0 Å². The molecule has 3 heteroatoms. The van der Waals surface area contributed by atoms with Gasteiger partial charge in [0.2, 0.25) is 0 Å². The van der Waals surface area contributed by atoms with Crippen LogP contribution in [0.5, 0.6) is 0 Å². The van der Waals surface area contributed by atoms with Gasteiger partial charge in [-0.3, -0.25) is 4.79 Å². The quantitative estimate of drug-likeness (QED) is 0.835. The number of amides is 1. The third-order valence-electron chi connectivity index (χ3n) is 4.70. The molecule has 0 unspecified atom stereocenters. The number of nitrogens with zero attached hydrogens (tertiary/aromatic N) is 1. The van der Waals surface area contributed by atoms with Crippen LogP contribution in [0.15, 0.2) is 24.3 Å². The van der Waals surface area contributed by atoms with Gasteiger partial charge in [-0.2, -0.15) is 0 Å². The highest BCUT2D eigenvalue weighted by Crippen LogP contribution is 2.36. The average molecular weight is 287 g/mol. The molecular formula is C18H25NO2. The monoisotopic (exact) mass is 287 g/mol. The molecule has 21 heavy (non-hydrogen) atoms. The van der Waals surface area contributed by atoms with E-state index in [0.717, 1.165) is 38.8 Å². The Morgan fingerprint density at radius 3 is 2.81 bits per heavy atom. The minimum Gasteiger partial charge on any atom is -0.368 e. The third kappa shape index (κ3) is 2.84. The summed E-state index contributed by atoms with van der Waals surface area (Å²) in [5.74, 6) is 0.613. The fourth-order valence-electron chi connectivity index (χ4n) is 3.69. The van der Waals surface area contributed by atoms with Crippen LogP contribution in [-0.4, -0.2) is 30.1 Å². The molecule has 1 aromatic rings. The van der Waals surface area contributed by atoms with Crippen molar-refractivity contribution in [1.82, 2.24) is 4.90 Å². The van der Waals surface area contributed by atoms with Gasteiger partial charge in [-0.15, -0.1) is 0 Å². The Morgan fingerprint density at radius 2 is 2.10 bits per heavy atom. The largest absolute Gasteiger partial charge is 0.368 e. The molecule has 3 nitrogen and oxygen atoms in total. The molecule has 0 N–H and O–H groups in total. The summed E-state index contributed by atoms with van der Waals surface area (Å²) in [6, 6.07) is 8.75. The number of fused-ring (bicyclic) bond motifs is 1. The number of hydrogen-bond acceptors (Lipinski definition) is 2. The molecule has 0 aromatic heterocycles. The first-order valence-electron chi connectivity index (χ1n) is 8.18. The summed E-state index contributed by atoms with van der Waals surface area (Å²) in [4.78, 5) is 15.0. The first kappa shape index (κ1) is 14.6. The summed E-state index contributed by atoms with van der Waals surface area (Å²) < 4.78 is 5.72. The molecule has 2 aliphatic rings. The van der Waals surface area contributed by atoms with Gasteiger partial charge in [0.15, 0.2) is 0 Å². The first-order chi connectivity index (χ1) is 10.2. The summed E-state index contributed by atoms with van der Waals surface area (Å²) in [5, 5.41) is 0. The summed E-state index contributed by atoms with van der Waals surface area (Å²) in [7, 11) is 0. The molecule has 0 radical (unpaired) electrons. The van der Waals surface area contributed by atoms with Gasteiger partial charge in [-0.25, -0.2) is 0 Å². The van der Waals surface area contributed by atoms with Crippen molar-refractivity contribution in [3.63, 3.8) is 0 Å². The number of carbonyl (C=O) groups is 1. The molecule has 3 rings (SSSR count). The maximum Gasteiger partial charge on any atom is 0.252 e. The number of ether oxygens (including phenoxy) is 1. The molecule has 2 heterocycles. The van der Waals surface area contributed by atoms with Gasteiger partial charge in [0.05, 0.1) is 6.04 Å². The van der Waals surface area contributed by atoms with Gasteiger partial charge in [0.1, 0.15) is 6.10 Å². The lowest BCUT2D eigenvalue weighted by Gasteiger charge is -2.41. The van der Waals surface area contributed by atoms with Gasteiger partial charge in [0.25, 0.3) is 5.91 Å². The predicted molar refractivity (Wildman–Crippen MR) is 83.0 cm³/mol. The normalized spacial score (nSPS) is 25.8. The smallest absolute Gasteiger partial charge is 0.252 e. The fraction of sp³-hybridized carbons (Fsp3) is 0.611. The summed E-state index contributed by atoms with van der Waals surface area (Å²) in [6.07, 6.45) is 3.80. The maximum absolute atomic E-state index is 12.9. The predicted octanol–water partition coefficient (Wildman–Crippen LogP) is 3.34. The summed E-state index contributed by atoms with van der Waals surface area (Å²) >= 11 is 0. The maximum atomic E-state index is 12.9. The van der Waals surface area contributed by atoms with Crippen molar-refractivity contribution in [3.05, 3.63) is 35.4 Å². The number of benzene rings is 1. The highest BCUT2D eigenvalue weighted by molar-refractivity contribution is 5.82. The molecule has 2 aliphatic heterocycles. The van der Waals surface area contributed by atoms with E-state index < -0.39 is 0 Å². The average Bonchev–Trinajstić information content (AvgIpc) is 2.53. The van der Waals surface area contributed by atoms with Crippen LogP contribution in [0, 0.1) is 5.92 Å². The van der Waals surface area contributed by atoms with Crippen molar-refractivity contribution < 1.29 is 9.53 Å². The van der Waals surface area contributed by atoms with E-state index in [1.165, 1.54) is 11.1 Å². The Labute approximate surface area is 127 Å². The molecule has 1 fully saturated rings. The highest BCUT2D eigenvalue weighted by Gasteiger charge is 2.36. The van der Waals surface area contributed by atoms with Crippen LogP contribution in [0.25, 0.3) is 0 Å². The van der Waals surface area contributed by atoms with Crippen LogP contribution in [0.2, 0.25) is 0 Å². The van der Waals surface area contributed by atoms with Crippen molar-refractivity contribution in [2.45, 2.75) is 51.7 Å². The van der Waals surface area contributed by atoms with Crippen LogP contribution in [-0.2, 0) is 16.0 Å². The second-order valence-corrected chi connectivity index (χ2v) is 6.52. The van der Waals surface area contributed by atoms with Crippen LogP contribution < -0.4 is 0 Å². The van der Waals surface area contributed by atoms with Crippen molar-refractivity contribution in [2.75, 3.05) is 13.2 Å². The SMILES string of the molecule is CC(C)[C@H]1c2ccccc2CCN1C(=O)[C@H]1CCCCO1. The third-order valence-corrected chi connectivity index (χ3v) is 4.70. The highest BCUT2D eigenvalue weighted by atomic mass is 16.5. The van der Waals surface area contributed by atoms with Crippen LogP contribution in [0.1, 0.15) is 50.3 Å². The molecule has 1 saturated heterocycles. The molecular weight excluding hydrogens is 262 g/mol. The Kier molecular flexibility index (Phi) is 4.29. The van der Waals surface area contributed by atoms with Crippen LogP contribution in [0.4, 0.5) is 0 Å². The van der Waals surface area contributed by atoms with Gasteiger partial charge in [-0.05, 0) is 42.7 Å². The molecule has 2 atom stereocenters. The second-order valence-electron chi connectivity index (χ2n) is 6.52. The van der Waals surface area contributed by atoms with E-state index in [-0.39, 0.29) is 18.1 Å². The van der Waals surface area contributed by atoms with Crippen molar-refractivity contribution in [3.8, 4) is 0 Å². The van der Waals surface area contributed by atoms with E-state index in [0.29, 0.717) is 5.92 Å². The molecule has 1 aromatic carbocycles. The zero-order chi connectivity index (χ0) is 14.8. The minimum atomic E-state index is -0.217. The topological polar surface area (TPSA) is 29.5 Å². The molecule has 114 valence electrons. The first-order valence-corrected chi connectivity index (χ1v) is 8.18. The zero-order valence-corrected chi connectivity index (χ0v) is 13.0. The number of hydrogen-bond donors (Lipinski definition) is 0. The van der Waals surface area contributed by atoms with Crippen molar-refractivity contribution >= 4 is 5.91 Å². The van der Waals surface area contributed by atoms with Crippen LogP contribution >= 0.6 is 0 Å². The van der Waals surface area contributed by atoms with E-state index in [9.17, 15) is 4.79 Å². The Morgan fingerprint density at radius 1 is 1.29 bits per heavy atom. The zero-order valence-electron chi connectivity index (χ0n) is 13.0. The number of rotatable bonds is 2. The van der Waals surface area contributed by atoms with E-state index in [4.69, 9.17) is 4.74 Å². The Bertz CT molecular complexity index is 506. The standard InChI is InChI=1S/C18H25NO2/c1-13(2)17-15-8-4-3-7-14(15)10-11-19(17)18(20)16-9-5-6-12-21-16/h3-4,7-8,13,16-17H,5-6,9-12H2,1-2H3/t16-,17+/m1/s1. The molecule has 0 aliphatic carbocycles. The lowest BCUT2D eigenvalue weighted by molar-refractivity contribution is -0.150. The second kappa shape index (κ2) is 6.18. The van der Waals surface area contributed by atoms with Crippen LogP contribution in [0.3, 0.4) is 0 Å². The minimum absolute atomic E-state index is 0.188. The molecule has 1 amide bonds. The van der Waals surface area contributed by atoms with Gasteiger partial charge in [0, 0.05) is 13.2 Å². The van der Waals surface area contributed by atoms with Gasteiger partial charge in [-0.1, -0.05) is 38.1 Å². The summed E-state index contributed by atoms with van der Waals surface area (Å²) in [5.41, 5.74) is 2.72. The van der Waals surface area contributed by atoms with Crippen molar-refractivity contribution in [1.29, 1.82) is 0 Å². The number of carbonyl (C=O) groups excluding carboxylic acids is 1. The van der Waals surface area contributed by atoms with Crippen molar-refractivity contribution in [2.24, 2.45) is 5.92 Å². The Hall–Kier alpha value is -1.35. The van der Waals surface area contributed by atoms with E-state index in [1.807, 2.05) is 0 Å². The van der Waals surface area contributed by atoms with E-state index in [2.05, 4.69) is 43.0 Å². The molecule has 0 spiro atoms. The lowest BCUT2D eigenvalue weighted by Crippen LogP contribution is -2.48. The molecule has 0 saturated carbocycles. The van der Waals surface area contributed by atoms with Gasteiger partial charge < -0.3 is 9.64 Å². The van der Waals surface area contributed by atoms with E-state index >= 15 is 0 Å².